The van der Waals surface area contributed by atoms with E-state index < -0.39 is 29.8 Å². The third kappa shape index (κ3) is 6.43. The number of unbranched alkanes of at least 4 members (excludes halogenated alkanes) is 1. The molecule has 2 aliphatic heterocycles. The molecule has 1 atom stereocenters. The summed E-state index contributed by atoms with van der Waals surface area (Å²) in [5, 5.41) is 9.44. The Kier molecular flexibility index (Phi) is 9.26. The Morgan fingerprint density at radius 2 is 1.43 bits per heavy atom. The topological polar surface area (TPSA) is 138 Å². The van der Waals surface area contributed by atoms with Gasteiger partial charge in [0.2, 0.25) is 11.8 Å². The Bertz CT molecular complexity index is 611. The lowest BCUT2D eigenvalue weighted by molar-refractivity contribution is -0.197. The average Bonchev–Trinajstić information content (AvgIpc) is 3.14. The van der Waals surface area contributed by atoms with Crippen LogP contribution in [0.3, 0.4) is 0 Å². The van der Waals surface area contributed by atoms with Crippen molar-refractivity contribution in [2.75, 3.05) is 0 Å². The summed E-state index contributed by atoms with van der Waals surface area (Å²) in [4.78, 5) is 72.0. The quantitative estimate of drug-likeness (QED) is 0.601. The fraction of sp³-hybridized carbons (Fsp3) is 0.667. The highest BCUT2D eigenvalue weighted by atomic mass is 16.7. The smallest absolute Gasteiger partial charge is 0.333 e. The van der Waals surface area contributed by atoms with Gasteiger partial charge in [-0.2, -0.15) is 0 Å². The van der Waals surface area contributed by atoms with E-state index in [4.69, 9.17) is 5.11 Å². The maximum Gasteiger partial charge on any atom is 0.333 e. The van der Waals surface area contributed by atoms with E-state index in [2.05, 4.69) is 4.84 Å². The number of carbonyl (C=O) groups excluding carboxylic acids is 5. The first-order valence-corrected chi connectivity index (χ1v) is 9.37. The van der Waals surface area contributed by atoms with E-state index in [0.717, 1.165) is 11.3 Å². The zero-order valence-corrected chi connectivity index (χ0v) is 16.1. The summed E-state index contributed by atoms with van der Waals surface area (Å²) < 4.78 is 0. The van der Waals surface area contributed by atoms with Crippen LogP contribution < -0.4 is 0 Å². The van der Waals surface area contributed by atoms with Crippen LogP contribution in [0.15, 0.2) is 0 Å². The van der Waals surface area contributed by atoms with Gasteiger partial charge >= 0.3 is 11.9 Å². The van der Waals surface area contributed by atoms with Crippen molar-refractivity contribution < 1.29 is 38.7 Å². The first-order chi connectivity index (χ1) is 13.2. The number of rotatable bonds is 8. The van der Waals surface area contributed by atoms with Crippen LogP contribution in [0.2, 0.25) is 0 Å². The van der Waals surface area contributed by atoms with E-state index >= 15 is 0 Å². The van der Waals surface area contributed by atoms with Crippen LogP contribution in [0.5, 0.6) is 0 Å². The summed E-state index contributed by atoms with van der Waals surface area (Å²) >= 11 is 0. The Balaban J connectivity index is 0.000000280. The predicted molar refractivity (Wildman–Crippen MR) is 94.1 cm³/mol. The highest BCUT2D eigenvalue weighted by Gasteiger charge is 2.38. The summed E-state index contributed by atoms with van der Waals surface area (Å²) in [6.45, 7) is 3.76. The zero-order chi connectivity index (χ0) is 21.3. The molecular weight excluding hydrogens is 372 g/mol. The van der Waals surface area contributed by atoms with Gasteiger partial charge in [0.15, 0.2) is 0 Å². The van der Waals surface area contributed by atoms with Gasteiger partial charge in [-0.1, -0.05) is 26.7 Å². The molecule has 1 N–H and O–H groups in total. The Hall–Kier alpha value is -2.78. The molecule has 0 aromatic heterocycles. The van der Waals surface area contributed by atoms with Gasteiger partial charge < -0.3 is 9.94 Å². The molecule has 0 aliphatic carbocycles. The van der Waals surface area contributed by atoms with Gasteiger partial charge in [0.25, 0.3) is 11.8 Å². The number of likely N-dealkylation sites (tertiary alicyclic amines) is 1. The molecule has 28 heavy (non-hydrogen) atoms. The maximum atomic E-state index is 11.2. The van der Waals surface area contributed by atoms with Crippen LogP contribution in [0.25, 0.3) is 0 Å². The molecule has 10 heteroatoms. The number of carboxylic acid groups (broad SMARTS) is 1. The van der Waals surface area contributed by atoms with Crippen molar-refractivity contribution in [3.05, 3.63) is 0 Å². The first kappa shape index (κ1) is 23.3. The molecule has 0 aromatic carbocycles. The summed E-state index contributed by atoms with van der Waals surface area (Å²) in [5.41, 5.74) is 0. The minimum atomic E-state index is -1.10. The van der Waals surface area contributed by atoms with E-state index in [-0.39, 0.29) is 43.9 Å². The van der Waals surface area contributed by atoms with Crippen molar-refractivity contribution >= 4 is 35.6 Å². The number of carboxylic acids is 1. The second-order valence-corrected chi connectivity index (χ2v) is 6.45. The standard InChI is InChI=1S/2C9H13NO4/c1-2-3-6(9(13)14)10-7(11)4-5-8(10)12;1-2-3-4-9(13)14-10-7(11)5-6-8(10)12/h6H,2-5H2,1H3,(H,13,14);2-6H2,1H3. The van der Waals surface area contributed by atoms with E-state index in [1.54, 1.807) is 0 Å². The molecule has 2 rings (SSSR count). The van der Waals surface area contributed by atoms with E-state index in [9.17, 15) is 28.8 Å². The number of aliphatic carboxylic acids is 1. The van der Waals surface area contributed by atoms with Crippen LogP contribution in [-0.2, 0) is 33.6 Å². The number of imide groups is 2. The predicted octanol–water partition coefficient (Wildman–Crippen LogP) is 1.17. The molecule has 2 aliphatic rings. The van der Waals surface area contributed by atoms with Gasteiger partial charge in [0.1, 0.15) is 6.04 Å². The molecule has 156 valence electrons. The second-order valence-electron chi connectivity index (χ2n) is 6.45. The van der Waals surface area contributed by atoms with Gasteiger partial charge in [-0.15, -0.1) is 5.06 Å². The summed E-state index contributed by atoms with van der Waals surface area (Å²) in [7, 11) is 0. The molecule has 0 aromatic rings. The molecule has 0 bridgehead atoms. The Labute approximate surface area is 162 Å². The highest BCUT2D eigenvalue weighted by Crippen LogP contribution is 2.18. The van der Waals surface area contributed by atoms with E-state index in [1.807, 2.05) is 13.8 Å². The van der Waals surface area contributed by atoms with Gasteiger partial charge in [-0.3, -0.25) is 24.1 Å². The Morgan fingerprint density at radius 3 is 1.86 bits per heavy atom. The fourth-order valence-corrected chi connectivity index (χ4v) is 2.70. The molecule has 0 spiro atoms. The maximum absolute atomic E-state index is 11.2. The van der Waals surface area contributed by atoms with Crippen molar-refractivity contribution in [2.45, 2.75) is 77.7 Å². The number of hydroxylamine groups is 2. The van der Waals surface area contributed by atoms with Gasteiger partial charge in [-0.05, 0) is 12.8 Å². The van der Waals surface area contributed by atoms with Crippen molar-refractivity contribution in [3.63, 3.8) is 0 Å². The van der Waals surface area contributed by atoms with E-state index in [1.165, 1.54) is 0 Å². The first-order valence-electron chi connectivity index (χ1n) is 9.37. The van der Waals surface area contributed by atoms with Crippen molar-refractivity contribution in [1.29, 1.82) is 0 Å². The number of carbonyl (C=O) groups is 6. The largest absolute Gasteiger partial charge is 0.480 e. The molecule has 1 unspecified atom stereocenters. The van der Waals surface area contributed by atoms with E-state index in [0.29, 0.717) is 24.3 Å². The molecule has 0 radical (unpaired) electrons. The van der Waals surface area contributed by atoms with Crippen LogP contribution in [0, 0.1) is 0 Å². The molecule has 10 nitrogen and oxygen atoms in total. The number of hydrogen-bond acceptors (Lipinski definition) is 7. The molecular formula is C18H26N2O8. The monoisotopic (exact) mass is 398 g/mol. The molecule has 2 fully saturated rings. The lowest BCUT2D eigenvalue weighted by Gasteiger charge is -2.21. The van der Waals surface area contributed by atoms with Crippen LogP contribution in [0.1, 0.15) is 71.6 Å². The molecule has 2 saturated heterocycles. The minimum absolute atomic E-state index is 0.139. The van der Waals surface area contributed by atoms with Crippen molar-refractivity contribution in [2.24, 2.45) is 0 Å². The summed E-state index contributed by atoms with van der Waals surface area (Å²) in [5.74, 6) is -3.21. The number of hydrogen-bond donors (Lipinski definition) is 1. The average molecular weight is 398 g/mol. The van der Waals surface area contributed by atoms with Gasteiger partial charge in [0, 0.05) is 32.1 Å². The number of nitrogens with zero attached hydrogens (tertiary/aromatic N) is 2. The molecule has 2 heterocycles. The number of amides is 4. The van der Waals surface area contributed by atoms with Crippen molar-refractivity contribution in [3.8, 4) is 0 Å². The normalized spacial score (nSPS) is 17.5. The highest BCUT2D eigenvalue weighted by molar-refractivity contribution is 6.04. The lowest BCUT2D eigenvalue weighted by Crippen LogP contribution is -2.44. The third-order valence-electron chi connectivity index (χ3n) is 4.18. The minimum Gasteiger partial charge on any atom is -0.480 e. The van der Waals surface area contributed by atoms with Gasteiger partial charge in [-0.25, -0.2) is 9.59 Å². The molecule has 0 saturated carbocycles. The van der Waals surface area contributed by atoms with Gasteiger partial charge in [0.05, 0.1) is 0 Å². The lowest BCUT2D eigenvalue weighted by atomic mass is 10.1. The summed E-state index contributed by atoms with van der Waals surface area (Å²) in [6.07, 6.45) is 3.35. The SMILES string of the molecule is CCCC(C(=O)O)N1C(=O)CCC1=O.CCCCC(=O)ON1C(=O)CCC1=O. The van der Waals surface area contributed by atoms with Crippen LogP contribution in [-0.4, -0.2) is 56.7 Å². The Morgan fingerprint density at radius 1 is 0.929 bits per heavy atom. The second kappa shape index (κ2) is 11.2. The summed E-state index contributed by atoms with van der Waals surface area (Å²) in [6, 6.07) is -0.970. The molecule has 4 amide bonds. The van der Waals surface area contributed by atoms with Crippen LogP contribution in [0.4, 0.5) is 0 Å². The third-order valence-corrected chi connectivity index (χ3v) is 4.18. The van der Waals surface area contributed by atoms with Crippen molar-refractivity contribution in [1.82, 2.24) is 9.96 Å². The zero-order valence-electron chi connectivity index (χ0n) is 16.1. The fourth-order valence-electron chi connectivity index (χ4n) is 2.70. The van der Waals surface area contributed by atoms with Crippen LogP contribution >= 0.6 is 0 Å².